The molecule has 1 heterocycles. The lowest BCUT2D eigenvalue weighted by atomic mass is 10.0. The van der Waals surface area contributed by atoms with E-state index in [1.165, 1.54) is 0 Å². The summed E-state index contributed by atoms with van der Waals surface area (Å²) < 4.78 is 21.6. The standard InChI is InChI=1S/C16H25NO4/c1-11(13-7-8-21-10-13)17-9-12-5-6-14(18-2)16(20-4)15(12)19-3/h5-6,11,13,17H,7-10H2,1-4H3. The molecule has 1 fully saturated rings. The van der Waals surface area contributed by atoms with Gasteiger partial charge in [-0.15, -0.1) is 0 Å². The van der Waals surface area contributed by atoms with Gasteiger partial charge >= 0.3 is 0 Å². The van der Waals surface area contributed by atoms with Crippen molar-refractivity contribution in [2.75, 3.05) is 34.5 Å². The van der Waals surface area contributed by atoms with Crippen molar-refractivity contribution >= 4 is 0 Å². The fourth-order valence-corrected chi connectivity index (χ4v) is 2.69. The van der Waals surface area contributed by atoms with Crippen molar-refractivity contribution in [3.8, 4) is 17.2 Å². The predicted molar refractivity (Wildman–Crippen MR) is 81.3 cm³/mol. The van der Waals surface area contributed by atoms with Gasteiger partial charge in [0.1, 0.15) is 0 Å². The molecule has 2 rings (SSSR count). The van der Waals surface area contributed by atoms with Crippen LogP contribution in [0.4, 0.5) is 0 Å². The Hall–Kier alpha value is -1.46. The molecule has 0 spiro atoms. The summed E-state index contributed by atoms with van der Waals surface area (Å²) in [5, 5.41) is 3.55. The van der Waals surface area contributed by atoms with Crippen LogP contribution in [0.15, 0.2) is 12.1 Å². The molecular weight excluding hydrogens is 270 g/mol. The minimum atomic E-state index is 0.408. The molecule has 0 aromatic heterocycles. The van der Waals surface area contributed by atoms with Crippen LogP contribution in [0.2, 0.25) is 0 Å². The summed E-state index contributed by atoms with van der Waals surface area (Å²) in [6.45, 7) is 4.64. The first-order valence-corrected chi connectivity index (χ1v) is 7.30. The highest BCUT2D eigenvalue weighted by atomic mass is 16.5. The van der Waals surface area contributed by atoms with Crippen LogP contribution < -0.4 is 19.5 Å². The molecular formula is C16H25NO4. The van der Waals surface area contributed by atoms with Gasteiger partial charge in [-0.2, -0.15) is 0 Å². The Balaban J connectivity index is 2.08. The van der Waals surface area contributed by atoms with Crippen molar-refractivity contribution in [2.24, 2.45) is 5.92 Å². The first-order valence-electron chi connectivity index (χ1n) is 7.30. The number of hydrogen-bond acceptors (Lipinski definition) is 5. The number of ether oxygens (including phenoxy) is 4. The van der Waals surface area contributed by atoms with E-state index in [0.717, 1.165) is 37.5 Å². The molecule has 118 valence electrons. The number of rotatable bonds is 7. The van der Waals surface area contributed by atoms with E-state index in [-0.39, 0.29) is 0 Å². The Labute approximate surface area is 126 Å². The summed E-state index contributed by atoms with van der Waals surface area (Å²) in [5.74, 6) is 2.61. The molecule has 1 aliphatic rings. The molecule has 0 radical (unpaired) electrons. The van der Waals surface area contributed by atoms with Crippen molar-refractivity contribution in [1.82, 2.24) is 5.32 Å². The summed E-state index contributed by atoms with van der Waals surface area (Å²) in [7, 11) is 4.89. The number of hydrogen-bond donors (Lipinski definition) is 1. The van der Waals surface area contributed by atoms with Crippen LogP contribution in [-0.4, -0.2) is 40.6 Å². The van der Waals surface area contributed by atoms with Gasteiger partial charge in [0.15, 0.2) is 11.5 Å². The third-order valence-electron chi connectivity index (χ3n) is 4.07. The summed E-state index contributed by atoms with van der Waals surface area (Å²) in [5.41, 5.74) is 1.06. The number of benzene rings is 1. The topological polar surface area (TPSA) is 49.0 Å². The normalized spacial score (nSPS) is 19.3. The van der Waals surface area contributed by atoms with Gasteiger partial charge in [0.25, 0.3) is 0 Å². The molecule has 2 unspecified atom stereocenters. The Kier molecular flexibility index (Phi) is 5.70. The van der Waals surface area contributed by atoms with Crippen LogP contribution in [0, 0.1) is 5.92 Å². The van der Waals surface area contributed by atoms with E-state index in [0.29, 0.717) is 23.5 Å². The van der Waals surface area contributed by atoms with Gasteiger partial charge in [0.05, 0.1) is 27.9 Å². The first-order chi connectivity index (χ1) is 10.2. The highest BCUT2D eigenvalue weighted by Gasteiger charge is 2.22. The molecule has 0 bridgehead atoms. The van der Waals surface area contributed by atoms with Gasteiger partial charge in [-0.25, -0.2) is 0 Å². The second-order valence-corrected chi connectivity index (χ2v) is 5.29. The quantitative estimate of drug-likeness (QED) is 0.836. The molecule has 1 aromatic rings. The summed E-state index contributed by atoms with van der Waals surface area (Å²) >= 11 is 0. The molecule has 0 aliphatic carbocycles. The average molecular weight is 295 g/mol. The molecule has 1 saturated heterocycles. The molecule has 0 amide bonds. The molecule has 1 aliphatic heterocycles. The fraction of sp³-hybridized carbons (Fsp3) is 0.625. The minimum Gasteiger partial charge on any atom is -0.493 e. The largest absolute Gasteiger partial charge is 0.493 e. The molecule has 5 heteroatoms. The highest BCUT2D eigenvalue weighted by Crippen LogP contribution is 2.39. The van der Waals surface area contributed by atoms with Crippen molar-refractivity contribution < 1.29 is 18.9 Å². The van der Waals surface area contributed by atoms with Crippen molar-refractivity contribution in [3.05, 3.63) is 17.7 Å². The van der Waals surface area contributed by atoms with E-state index in [9.17, 15) is 0 Å². The van der Waals surface area contributed by atoms with E-state index in [1.54, 1.807) is 21.3 Å². The Morgan fingerprint density at radius 2 is 1.95 bits per heavy atom. The molecule has 1 N–H and O–H groups in total. The molecule has 5 nitrogen and oxygen atoms in total. The maximum Gasteiger partial charge on any atom is 0.203 e. The smallest absolute Gasteiger partial charge is 0.203 e. The van der Waals surface area contributed by atoms with E-state index >= 15 is 0 Å². The maximum absolute atomic E-state index is 5.50. The SMILES string of the molecule is COc1ccc(CNC(C)C2CCOC2)c(OC)c1OC. The van der Waals surface area contributed by atoms with Gasteiger partial charge < -0.3 is 24.3 Å². The Morgan fingerprint density at radius 1 is 1.19 bits per heavy atom. The van der Waals surface area contributed by atoms with Gasteiger partial charge in [-0.05, 0) is 25.3 Å². The van der Waals surface area contributed by atoms with Crippen LogP contribution in [0.25, 0.3) is 0 Å². The fourth-order valence-electron chi connectivity index (χ4n) is 2.69. The molecule has 2 atom stereocenters. The summed E-state index contributed by atoms with van der Waals surface area (Å²) in [6, 6.07) is 4.32. The number of nitrogens with one attached hydrogen (secondary N) is 1. The van der Waals surface area contributed by atoms with E-state index < -0.39 is 0 Å². The first kappa shape index (κ1) is 15.9. The summed E-state index contributed by atoms with van der Waals surface area (Å²) in [4.78, 5) is 0. The van der Waals surface area contributed by atoms with E-state index in [4.69, 9.17) is 18.9 Å². The lowest BCUT2D eigenvalue weighted by Crippen LogP contribution is -2.33. The molecule has 1 aromatic carbocycles. The average Bonchev–Trinajstić information content (AvgIpc) is 3.05. The van der Waals surface area contributed by atoms with Crippen LogP contribution in [-0.2, 0) is 11.3 Å². The zero-order valence-electron chi connectivity index (χ0n) is 13.3. The number of methoxy groups -OCH3 is 3. The zero-order chi connectivity index (χ0) is 15.2. The minimum absolute atomic E-state index is 0.408. The van der Waals surface area contributed by atoms with Crippen LogP contribution in [0.3, 0.4) is 0 Å². The van der Waals surface area contributed by atoms with E-state index in [2.05, 4.69) is 12.2 Å². The van der Waals surface area contributed by atoms with Crippen molar-refractivity contribution in [2.45, 2.75) is 25.9 Å². The third-order valence-corrected chi connectivity index (χ3v) is 4.07. The van der Waals surface area contributed by atoms with Gasteiger partial charge in [-0.3, -0.25) is 0 Å². The maximum atomic E-state index is 5.50. The van der Waals surface area contributed by atoms with Gasteiger partial charge in [0.2, 0.25) is 5.75 Å². The van der Waals surface area contributed by atoms with Crippen LogP contribution in [0.1, 0.15) is 18.9 Å². The molecule has 21 heavy (non-hydrogen) atoms. The monoisotopic (exact) mass is 295 g/mol. The second-order valence-electron chi connectivity index (χ2n) is 5.29. The van der Waals surface area contributed by atoms with Crippen LogP contribution in [0.5, 0.6) is 17.2 Å². The lowest BCUT2D eigenvalue weighted by molar-refractivity contribution is 0.178. The highest BCUT2D eigenvalue weighted by molar-refractivity contribution is 5.55. The Bertz CT molecular complexity index is 458. The zero-order valence-corrected chi connectivity index (χ0v) is 13.3. The Morgan fingerprint density at radius 3 is 2.52 bits per heavy atom. The van der Waals surface area contributed by atoms with Crippen LogP contribution >= 0.6 is 0 Å². The van der Waals surface area contributed by atoms with Crippen molar-refractivity contribution in [3.63, 3.8) is 0 Å². The summed E-state index contributed by atoms with van der Waals surface area (Å²) in [6.07, 6.45) is 1.12. The van der Waals surface area contributed by atoms with E-state index in [1.807, 2.05) is 12.1 Å². The second kappa shape index (κ2) is 7.52. The van der Waals surface area contributed by atoms with Gasteiger partial charge in [-0.1, -0.05) is 6.07 Å². The third kappa shape index (κ3) is 3.60. The van der Waals surface area contributed by atoms with Gasteiger partial charge in [0, 0.05) is 24.8 Å². The predicted octanol–water partition coefficient (Wildman–Crippen LogP) is 2.23. The van der Waals surface area contributed by atoms with Crippen molar-refractivity contribution in [1.29, 1.82) is 0 Å². The lowest BCUT2D eigenvalue weighted by Gasteiger charge is -2.21. The molecule has 0 saturated carbocycles.